The molecule has 0 saturated heterocycles. The fourth-order valence-electron chi connectivity index (χ4n) is 2.79. The lowest BCUT2D eigenvalue weighted by atomic mass is 10.1. The standard InChI is InChI=1S/C21H19N5O3/c1-28-17-8-6-15(7-9-17)12-19(27)26-21(23-14-18-5-3-11-29-18)24-20(25-26)16-4-2-10-22-13-16/h2-11,13H,12,14H2,1H3,(H,23,24,25). The molecule has 8 nitrogen and oxygen atoms in total. The third-order valence-corrected chi connectivity index (χ3v) is 4.28. The SMILES string of the molecule is COc1ccc(CC(=O)n2nc(-c3cccnc3)nc2NCc2ccco2)cc1. The number of pyridine rings is 1. The van der Waals surface area contributed by atoms with E-state index in [2.05, 4.69) is 20.4 Å². The van der Waals surface area contributed by atoms with Gasteiger partial charge in [-0.15, -0.1) is 5.10 Å². The third-order valence-electron chi connectivity index (χ3n) is 4.28. The van der Waals surface area contributed by atoms with Gasteiger partial charge in [-0.05, 0) is 42.0 Å². The molecule has 1 aromatic carbocycles. The molecule has 1 N–H and O–H groups in total. The summed E-state index contributed by atoms with van der Waals surface area (Å²) in [7, 11) is 1.60. The van der Waals surface area contributed by atoms with E-state index in [0.29, 0.717) is 18.3 Å². The number of ether oxygens (including phenoxy) is 1. The molecule has 29 heavy (non-hydrogen) atoms. The zero-order valence-electron chi connectivity index (χ0n) is 15.8. The molecule has 0 amide bonds. The van der Waals surface area contributed by atoms with Gasteiger partial charge in [0.05, 0.1) is 26.3 Å². The predicted molar refractivity (Wildman–Crippen MR) is 107 cm³/mol. The van der Waals surface area contributed by atoms with Gasteiger partial charge in [-0.3, -0.25) is 9.78 Å². The summed E-state index contributed by atoms with van der Waals surface area (Å²) in [5.41, 5.74) is 1.58. The lowest BCUT2D eigenvalue weighted by Gasteiger charge is -2.07. The Balaban J connectivity index is 1.60. The lowest BCUT2D eigenvalue weighted by Crippen LogP contribution is -2.18. The monoisotopic (exact) mass is 389 g/mol. The number of carbonyl (C=O) groups excluding carboxylic acids is 1. The summed E-state index contributed by atoms with van der Waals surface area (Å²) in [4.78, 5) is 21.5. The van der Waals surface area contributed by atoms with Crippen LogP contribution in [0.2, 0.25) is 0 Å². The number of hydrogen-bond donors (Lipinski definition) is 1. The molecule has 0 aliphatic heterocycles. The number of carbonyl (C=O) groups is 1. The molecule has 4 aromatic rings. The van der Waals surface area contributed by atoms with Crippen LogP contribution in [0.3, 0.4) is 0 Å². The Morgan fingerprint density at radius 2 is 2.03 bits per heavy atom. The number of nitrogens with one attached hydrogen (secondary N) is 1. The van der Waals surface area contributed by atoms with Gasteiger partial charge < -0.3 is 14.5 Å². The van der Waals surface area contributed by atoms with E-state index in [1.54, 1.807) is 37.9 Å². The number of anilines is 1. The molecule has 4 rings (SSSR count). The number of hydrogen-bond acceptors (Lipinski definition) is 7. The molecule has 0 radical (unpaired) electrons. The summed E-state index contributed by atoms with van der Waals surface area (Å²) in [5.74, 6) is 2.02. The van der Waals surface area contributed by atoms with Crippen molar-refractivity contribution in [1.29, 1.82) is 0 Å². The van der Waals surface area contributed by atoms with E-state index in [1.807, 2.05) is 36.4 Å². The smallest absolute Gasteiger partial charge is 0.254 e. The first-order valence-electron chi connectivity index (χ1n) is 9.03. The Labute approximate surface area is 167 Å². The van der Waals surface area contributed by atoms with Crippen LogP contribution in [0.4, 0.5) is 5.95 Å². The first kappa shape index (κ1) is 18.4. The van der Waals surface area contributed by atoms with Gasteiger partial charge in [0.25, 0.3) is 5.91 Å². The Morgan fingerprint density at radius 3 is 2.72 bits per heavy atom. The van der Waals surface area contributed by atoms with Crippen LogP contribution in [0.1, 0.15) is 16.1 Å². The van der Waals surface area contributed by atoms with E-state index in [-0.39, 0.29) is 12.3 Å². The minimum absolute atomic E-state index is 0.176. The van der Waals surface area contributed by atoms with Crippen molar-refractivity contribution in [2.75, 3.05) is 12.4 Å². The number of rotatable bonds is 7. The van der Waals surface area contributed by atoms with Crippen molar-refractivity contribution < 1.29 is 13.9 Å². The average Bonchev–Trinajstić information content (AvgIpc) is 3.43. The quantitative estimate of drug-likeness (QED) is 0.517. The second-order valence-corrected chi connectivity index (χ2v) is 6.26. The van der Waals surface area contributed by atoms with Crippen molar-refractivity contribution >= 4 is 11.9 Å². The maximum atomic E-state index is 12.9. The van der Waals surface area contributed by atoms with Crippen LogP contribution in [0.15, 0.2) is 71.6 Å². The molecule has 0 bridgehead atoms. The maximum Gasteiger partial charge on any atom is 0.254 e. The summed E-state index contributed by atoms with van der Waals surface area (Å²) in [6, 6.07) is 14.6. The van der Waals surface area contributed by atoms with E-state index in [1.165, 1.54) is 4.68 Å². The first-order valence-corrected chi connectivity index (χ1v) is 9.03. The lowest BCUT2D eigenvalue weighted by molar-refractivity contribution is 0.0901. The van der Waals surface area contributed by atoms with Gasteiger partial charge >= 0.3 is 0 Å². The summed E-state index contributed by atoms with van der Waals surface area (Å²) >= 11 is 0. The van der Waals surface area contributed by atoms with Gasteiger partial charge in [0.2, 0.25) is 5.95 Å². The zero-order valence-corrected chi connectivity index (χ0v) is 15.8. The van der Waals surface area contributed by atoms with Gasteiger partial charge in [-0.25, -0.2) is 0 Å². The highest BCUT2D eigenvalue weighted by atomic mass is 16.5. The van der Waals surface area contributed by atoms with Crippen LogP contribution in [-0.2, 0) is 13.0 Å². The minimum atomic E-state index is -0.209. The molecule has 0 aliphatic carbocycles. The molecule has 0 saturated carbocycles. The number of benzene rings is 1. The Bertz CT molecular complexity index is 1070. The Hall–Kier alpha value is -3.94. The van der Waals surface area contributed by atoms with Gasteiger partial charge in [0.1, 0.15) is 11.5 Å². The zero-order chi connectivity index (χ0) is 20.1. The largest absolute Gasteiger partial charge is 0.497 e. The normalized spacial score (nSPS) is 10.7. The third kappa shape index (κ3) is 4.32. The Kier molecular flexibility index (Phi) is 5.33. The van der Waals surface area contributed by atoms with E-state index in [0.717, 1.165) is 22.6 Å². The highest BCUT2D eigenvalue weighted by Crippen LogP contribution is 2.19. The molecule has 0 aliphatic rings. The van der Waals surface area contributed by atoms with Crippen LogP contribution in [0.25, 0.3) is 11.4 Å². The fourth-order valence-corrected chi connectivity index (χ4v) is 2.79. The second-order valence-electron chi connectivity index (χ2n) is 6.26. The topological polar surface area (TPSA) is 95.1 Å². The Morgan fingerprint density at radius 1 is 1.17 bits per heavy atom. The fraction of sp³-hybridized carbons (Fsp3) is 0.143. The molecule has 3 heterocycles. The van der Waals surface area contributed by atoms with Crippen molar-refractivity contribution in [2.24, 2.45) is 0 Å². The molecule has 0 fully saturated rings. The molecule has 0 spiro atoms. The molecular formula is C21H19N5O3. The van der Waals surface area contributed by atoms with E-state index in [4.69, 9.17) is 9.15 Å². The summed E-state index contributed by atoms with van der Waals surface area (Å²) in [5, 5.41) is 7.53. The summed E-state index contributed by atoms with van der Waals surface area (Å²) in [6.45, 7) is 0.383. The highest BCUT2D eigenvalue weighted by molar-refractivity contribution is 5.83. The minimum Gasteiger partial charge on any atom is -0.497 e. The molecule has 3 aromatic heterocycles. The van der Waals surface area contributed by atoms with Crippen LogP contribution in [-0.4, -0.2) is 32.8 Å². The number of aromatic nitrogens is 4. The number of methoxy groups -OCH3 is 1. The molecule has 146 valence electrons. The van der Waals surface area contributed by atoms with Crippen molar-refractivity contribution in [3.05, 3.63) is 78.5 Å². The maximum absolute atomic E-state index is 12.9. The van der Waals surface area contributed by atoms with Gasteiger partial charge in [-0.2, -0.15) is 9.67 Å². The molecule has 8 heteroatoms. The van der Waals surface area contributed by atoms with Gasteiger partial charge in [-0.1, -0.05) is 12.1 Å². The average molecular weight is 389 g/mol. The summed E-state index contributed by atoms with van der Waals surface area (Å²) in [6.07, 6.45) is 5.10. The van der Waals surface area contributed by atoms with Crippen molar-refractivity contribution in [3.63, 3.8) is 0 Å². The summed E-state index contributed by atoms with van der Waals surface area (Å²) < 4.78 is 11.8. The highest BCUT2D eigenvalue weighted by Gasteiger charge is 2.18. The van der Waals surface area contributed by atoms with Crippen LogP contribution in [0.5, 0.6) is 5.75 Å². The first-order chi connectivity index (χ1) is 14.2. The van der Waals surface area contributed by atoms with E-state index >= 15 is 0 Å². The van der Waals surface area contributed by atoms with Gasteiger partial charge in [0, 0.05) is 18.0 Å². The second kappa shape index (κ2) is 8.39. The van der Waals surface area contributed by atoms with Crippen molar-refractivity contribution in [1.82, 2.24) is 19.7 Å². The van der Waals surface area contributed by atoms with E-state index in [9.17, 15) is 4.79 Å². The molecular weight excluding hydrogens is 370 g/mol. The van der Waals surface area contributed by atoms with E-state index < -0.39 is 0 Å². The van der Waals surface area contributed by atoms with Crippen molar-refractivity contribution in [2.45, 2.75) is 13.0 Å². The van der Waals surface area contributed by atoms with Crippen LogP contribution in [0, 0.1) is 0 Å². The van der Waals surface area contributed by atoms with Crippen LogP contribution >= 0.6 is 0 Å². The number of furan rings is 1. The number of nitrogens with zero attached hydrogens (tertiary/aromatic N) is 4. The van der Waals surface area contributed by atoms with Crippen LogP contribution < -0.4 is 10.1 Å². The predicted octanol–water partition coefficient (Wildman–Crippen LogP) is 3.44. The molecule has 0 atom stereocenters. The van der Waals surface area contributed by atoms with Crippen molar-refractivity contribution in [3.8, 4) is 17.1 Å². The van der Waals surface area contributed by atoms with Gasteiger partial charge in [0.15, 0.2) is 5.82 Å². The molecule has 0 unspecified atom stereocenters.